The second-order valence-corrected chi connectivity index (χ2v) is 7.87. The highest BCUT2D eigenvalue weighted by Crippen LogP contribution is 2.16. The van der Waals surface area contributed by atoms with Crippen LogP contribution in [-0.2, 0) is 10.0 Å². The number of anilines is 1. The fraction of sp³-hybridized carbons (Fsp3) is 0.333. The van der Waals surface area contributed by atoms with Gasteiger partial charge >= 0.3 is 0 Å². The second-order valence-electron chi connectivity index (χ2n) is 5.82. The fourth-order valence-corrected chi connectivity index (χ4v) is 3.47. The van der Waals surface area contributed by atoms with Crippen LogP contribution in [0.1, 0.15) is 35.8 Å². The van der Waals surface area contributed by atoms with Crippen LogP contribution in [0.4, 0.5) is 5.82 Å². The van der Waals surface area contributed by atoms with Crippen LogP contribution >= 0.6 is 0 Å². The molecule has 0 aliphatic rings. The topological polar surface area (TPSA) is 79.4 Å². The van der Waals surface area contributed by atoms with Gasteiger partial charge in [-0.25, -0.2) is 17.7 Å². The molecule has 0 fully saturated rings. The lowest BCUT2D eigenvalue weighted by molar-refractivity contribution is 0.102. The lowest BCUT2D eigenvalue weighted by atomic mass is 10.2. The summed E-state index contributed by atoms with van der Waals surface area (Å²) in [5, 5.41) is 2.70. The third-order valence-corrected chi connectivity index (χ3v) is 5.65. The lowest BCUT2D eigenvalue weighted by Crippen LogP contribution is -2.28. The number of nitrogens with zero attached hydrogens (tertiary/aromatic N) is 2. The molecule has 1 aromatic carbocycles. The summed E-state index contributed by atoms with van der Waals surface area (Å²) in [4.78, 5) is 16.6. The van der Waals surface area contributed by atoms with Crippen LogP contribution in [0.3, 0.4) is 0 Å². The monoisotopic (exact) mass is 361 g/mol. The SMILES string of the molecule is CCCCN(C)S(=O)(=O)c1ccc(C(=O)Nc2cccc(C)n2)cc1. The van der Waals surface area contributed by atoms with E-state index < -0.39 is 10.0 Å². The summed E-state index contributed by atoms with van der Waals surface area (Å²) in [5.74, 6) is 0.127. The minimum Gasteiger partial charge on any atom is -0.307 e. The van der Waals surface area contributed by atoms with Crippen LogP contribution in [0.25, 0.3) is 0 Å². The summed E-state index contributed by atoms with van der Waals surface area (Å²) >= 11 is 0. The zero-order valence-corrected chi connectivity index (χ0v) is 15.5. The minimum atomic E-state index is -3.53. The molecule has 1 amide bonds. The van der Waals surface area contributed by atoms with Crippen LogP contribution in [-0.4, -0.2) is 37.2 Å². The Morgan fingerprint density at radius 1 is 1.16 bits per heavy atom. The van der Waals surface area contributed by atoms with Crippen LogP contribution < -0.4 is 5.32 Å². The number of aryl methyl sites for hydroxylation is 1. The zero-order chi connectivity index (χ0) is 18.4. The number of carbonyl (C=O) groups excluding carboxylic acids is 1. The molecule has 6 nitrogen and oxygen atoms in total. The van der Waals surface area contributed by atoms with Crippen LogP contribution in [0, 0.1) is 6.92 Å². The van der Waals surface area contributed by atoms with Crippen molar-refractivity contribution in [2.75, 3.05) is 18.9 Å². The number of benzene rings is 1. The Morgan fingerprint density at radius 2 is 1.84 bits per heavy atom. The van der Waals surface area contributed by atoms with E-state index in [9.17, 15) is 13.2 Å². The minimum absolute atomic E-state index is 0.177. The highest BCUT2D eigenvalue weighted by atomic mass is 32.2. The molecule has 0 saturated carbocycles. The third-order valence-electron chi connectivity index (χ3n) is 3.78. The standard InChI is InChI=1S/C18H23N3O3S/c1-4-5-13-21(3)25(23,24)16-11-9-15(10-12-16)18(22)20-17-8-6-7-14(2)19-17/h6-12H,4-5,13H2,1-3H3,(H,19,20,22). The molecular formula is C18H23N3O3S. The van der Waals surface area contributed by atoms with Crippen molar-refractivity contribution in [3.63, 3.8) is 0 Å². The summed E-state index contributed by atoms with van der Waals surface area (Å²) in [7, 11) is -1.96. The van der Waals surface area contributed by atoms with E-state index in [1.165, 1.54) is 28.6 Å². The molecule has 134 valence electrons. The van der Waals surface area contributed by atoms with Gasteiger partial charge in [0.25, 0.3) is 5.91 Å². The largest absolute Gasteiger partial charge is 0.307 e. The first-order valence-corrected chi connectivity index (χ1v) is 9.60. The van der Waals surface area contributed by atoms with Gasteiger partial charge in [-0.15, -0.1) is 0 Å². The Hall–Kier alpha value is -2.25. The van der Waals surface area contributed by atoms with Gasteiger partial charge in [0.15, 0.2) is 0 Å². The van der Waals surface area contributed by atoms with Gasteiger partial charge in [0.05, 0.1) is 4.90 Å². The molecule has 0 aliphatic heterocycles. The van der Waals surface area contributed by atoms with Crippen molar-refractivity contribution in [2.24, 2.45) is 0 Å². The van der Waals surface area contributed by atoms with E-state index in [-0.39, 0.29) is 10.8 Å². The van der Waals surface area contributed by atoms with E-state index in [1.54, 1.807) is 19.2 Å². The molecule has 1 aromatic heterocycles. The predicted molar refractivity (Wildman–Crippen MR) is 98.1 cm³/mol. The molecule has 0 bridgehead atoms. The maximum atomic E-state index is 12.5. The molecule has 0 spiro atoms. The Morgan fingerprint density at radius 3 is 2.44 bits per heavy atom. The van der Waals surface area contributed by atoms with Crippen molar-refractivity contribution in [1.29, 1.82) is 0 Å². The molecule has 1 heterocycles. The average molecular weight is 361 g/mol. The molecule has 7 heteroatoms. The van der Waals surface area contributed by atoms with Gasteiger partial charge in [-0.2, -0.15) is 0 Å². The van der Waals surface area contributed by atoms with Crippen molar-refractivity contribution < 1.29 is 13.2 Å². The van der Waals surface area contributed by atoms with Crippen LogP contribution in [0.2, 0.25) is 0 Å². The Balaban J connectivity index is 2.12. The number of carbonyl (C=O) groups is 1. The number of amides is 1. The van der Waals surface area contributed by atoms with Crippen LogP contribution in [0.15, 0.2) is 47.4 Å². The Bertz CT molecular complexity index is 833. The highest BCUT2D eigenvalue weighted by Gasteiger charge is 2.20. The van der Waals surface area contributed by atoms with E-state index >= 15 is 0 Å². The summed E-state index contributed by atoms with van der Waals surface area (Å²) < 4.78 is 26.3. The third kappa shape index (κ3) is 4.87. The van der Waals surface area contributed by atoms with E-state index in [0.717, 1.165) is 18.5 Å². The normalized spacial score (nSPS) is 11.5. The van der Waals surface area contributed by atoms with E-state index in [2.05, 4.69) is 10.3 Å². The Labute approximate surface area is 148 Å². The number of aromatic nitrogens is 1. The molecule has 0 radical (unpaired) electrons. The first-order chi connectivity index (χ1) is 11.8. The zero-order valence-electron chi connectivity index (χ0n) is 14.7. The van der Waals surface area contributed by atoms with Crippen LogP contribution in [0.5, 0.6) is 0 Å². The number of pyridine rings is 1. The number of hydrogen-bond acceptors (Lipinski definition) is 4. The van der Waals surface area contributed by atoms with Crippen molar-refractivity contribution in [3.8, 4) is 0 Å². The average Bonchev–Trinajstić information content (AvgIpc) is 2.59. The summed E-state index contributed by atoms with van der Waals surface area (Å²) in [6.07, 6.45) is 1.73. The maximum absolute atomic E-state index is 12.5. The van der Waals surface area contributed by atoms with Crippen molar-refractivity contribution in [3.05, 3.63) is 53.7 Å². The van der Waals surface area contributed by atoms with Crippen molar-refractivity contribution in [2.45, 2.75) is 31.6 Å². The molecule has 2 aromatic rings. The second kappa shape index (κ2) is 8.22. The van der Waals surface area contributed by atoms with Gasteiger partial charge < -0.3 is 5.32 Å². The number of nitrogens with one attached hydrogen (secondary N) is 1. The molecule has 0 atom stereocenters. The van der Waals surface area contributed by atoms with Gasteiger partial charge in [-0.3, -0.25) is 4.79 Å². The van der Waals surface area contributed by atoms with E-state index in [1.807, 2.05) is 19.9 Å². The van der Waals surface area contributed by atoms with E-state index in [4.69, 9.17) is 0 Å². The highest BCUT2D eigenvalue weighted by molar-refractivity contribution is 7.89. The molecule has 1 N–H and O–H groups in total. The van der Waals surface area contributed by atoms with Crippen molar-refractivity contribution >= 4 is 21.7 Å². The van der Waals surface area contributed by atoms with Crippen molar-refractivity contribution in [1.82, 2.24) is 9.29 Å². The quantitative estimate of drug-likeness (QED) is 0.822. The number of rotatable bonds is 7. The molecular weight excluding hydrogens is 338 g/mol. The first-order valence-electron chi connectivity index (χ1n) is 8.16. The maximum Gasteiger partial charge on any atom is 0.256 e. The number of sulfonamides is 1. The van der Waals surface area contributed by atoms with Gasteiger partial charge in [0.1, 0.15) is 5.82 Å². The molecule has 0 unspecified atom stereocenters. The van der Waals surface area contributed by atoms with Gasteiger partial charge in [0, 0.05) is 24.8 Å². The van der Waals surface area contributed by atoms with Gasteiger partial charge in [0.2, 0.25) is 10.0 Å². The molecule has 2 rings (SSSR count). The number of unbranched alkanes of at least 4 members (excludes halogenated alkanes) is 1. The van der Waals surface area contributed by atoms with Gasteiger partial charge in [-0.1, -0.05) is 19.4 Å². The summed E-state index contributed by atoms with van der Waals surface area (Å²) in [6.45, 7) is 4.32. The smallest absolute Gasteiger partial charge is 0.256 e. The molecule has 0 aliphatic carbocycles. The molecule has 0 saturated heterocycles. The fourth-order valence-electron chi connectivity index (χ4n) is 2.26. The summed E-state index contributed by atoms with van der Waals surface area (Å²) in [6, 6.07) is 11.3. The molecule has 25 heavy (non-hydrogen) atoms. The predicted octanol–water partition coefficient (Wildman–Crippen LogP) is 3.06. The van der Waals surface area contributed by atoms with E-state index in [0.29, 0.717) is 17.9 Å². The first kappa shape index (κ1) is 19.1. The summed E-state index contributed by atoms with van der Waals surface area (Å²) in [5.41, 5.74) is 1.17. The Kier molecular flexibility index (Phi) is 6.27. The lowest BCUT2D eigenvalue weighted by Gasteiger charge is -2.16. The van der Waals surface area contributed by atoms with Gasteiger partial charge in [-0.05, 0) is 49.7 Å². The number of hydrogen-bond donors (Lipinski definition) is 1.